The van der Waals surface area contributed by atoms with E-state index in [-0.39, 0.29) is 6.42 Å². The Kier molecular flexibility index (Phi) is 3.06. The minimum Gasteiger partial charge on any atom is -0.495 e. The molecule has 1 aliphatic carbocycles. The van der Waals surface area contributed by atoms with Gasteiger partial charge in [-0.05, 0) is 30.4 Å². The van der Waals surface area contributed by atoms with Crippen LogP contribution in [0.5, 0.6) is 5.75 Å². The van der Waals surface area contributed by atoms with Gasteiger partial charge in [-0.25, -0.2) is 0 Å². The number of carboxylic acids is 1. The third-order valence-corrected chi connectivity index (χ3v) is 3.31. The van der Waals surface area contributed by atoms with Crippen molar-refractivity contribution >= 4 is 17.6 Å². The van der Waals surface area contributed by atoms with Crippen LogP contribution in [0, 0.1) is 0 Å². The Morgan fingerprint density at radius 1 is 1.56 bits per heavy atom. The van der Waals surface area contributed by atoms with Crippen LogP contribution in [0.3, 0.4) is 0 Å². The van der Waals surface area contributed by atoms with E-state index >= 15 is 0 Å². The number of methoxy groups -OCH3 is 1. The largest absolute Gasteiger partial charge is 0.495 e. The predicted molar refractivity (Wildman–Crippen MR) is 61.4 cm³/mol. The predicted octanol–water partition coefficient (Wildman–Crippen LogP) is 2.46. The van der Waals surface area contributed by atoms with Crippen molar-refractivity contribution in [1.82, 2.24) is 0 Å². The zero-order valence-corrected chi connectivity index (χ0v) is 9.80. The van der Waals surface area contributed by atoms with Gasteiger partial charge in [0.15, 0.2) is 0 Å². The smallest absolute Gasteiger partial charge is 0.307 e. The topological polar surface area (TPSA) is 46.5 Å². The number of benzene rings is 1. The molecule has 0 aromatic heterocycles. The zero-order valence-electron chi connectivity index (χ0n) is 9.05. The van der Waals surface area contributed by atoms with Crippen molar-refractivity contribution in [3.63, 3.8) is 0 Å². The lowest BCUT2D eigenvalue weighted by atomic mass is 10.0. The van der Waals surface area contributed by atoms with Crippen molar-refractivity contribution in [3.8, 4) is 5.75 Å². The number of hydrogen-bond acceptors (Lipinski definition) is 2. The summed E-state index contributed by atoms with van der Waals surface area (Å²) in [6, 6.07) is 1.92. The second-order valence-corrected chi connectivity index (χ2v) is 4.32. The molecule has 86 valence electrons. The number of halogens is 1. The third kappa shape index (κ3) is 1.87. The first-order chi connectivity index (χ1) is 7.63. The van der Waals surface area contributed by atoms with Crippen molar-refractivity contribution in [2.24, 2.45) is 0 Å². The van der Waals surface area contributed by atoms with Gasteiger partial charge in [-0.3, -0.25) is 4.79 Å². The number of carboxylic acid groups (broad SMARTS) is 1. The highest BCUT2D eigenvalue weighted by atomic mass is 35.5. The molecule has 0 amide bonds. The van der Waals surface area contributed by atoms with Gasteiger partial charge in [0.1, 0.15) is 5.75 Å². The summed E-state index contributed by atoms with van der Waals surface area (Å²) in [6.07, 6.45) is 2.97. The molecule has 0 heterocycles. The molecule has 0 unspecified atom stereocenters. The van der Waals surface area contributed by atoms with Crippen molar-refractivity contribution in [2.75, 3.05) is 7.11 Å². The molecule has 1 aromatic rings. The minimum atomic E-state index is -0.868. The highest BCUT2D eigenvalue weighted by Gasteiger charge is 2.21. The van der Waals surface area contributed by atoms with E-state index in [1.54, 1.807) is 0 Å². The summed E-state index contributed by atoms with van der Waals surface area (Å²) in [6.45, 7) is 0. The summed E-state index contributed by atoms with van der Waals surface area (Å²) in [7, 11) is 1.52. The lowest BCUT2D eigenvalue weighted by Crippen LogP contribution is -2.04. The third-order valence-electron chi connectivity index (χ3n) is 2.91. The Balaban J connectivity index is 2.52. The molecule has 0 aliphatic heterocycles. The Morgan fingerprint density at radius 3 is 2.94 bits per heavy atom. The number of aryl methyl sites for hydroxylation is 1. The summed E-state index contributed by atoms with van der Waals surface area (Å²) in [5.74, 6) is -0.350. The molecule has 0 saturated carbocycles. The summed E-state index contributed by atoms with van der Waals surface area (Å²) < 4.78 is 5.21. The van der Waals surface area contributed by atoms with E-state index < -0.39 is 5.97 Å². The minimum absolute atomic E-state index is 0.0455. The van der Waals surface area contributed by atoms with Gasteiger partial charge < -0.3 is 9.84 Å². The van der Waals surface area contributed by atoms with Gasteiger partial charge in [-0.1, -0.05) is 17.7 Å². The summed E-state index contributed by atoms with van der Waals surface area (Å²) in [4.78, 5) is 10.7. The Hall–Kier alpha value is -1.22. The quantitative estimate of drug-likeness (QED) is 0.883. The lowest BCUT2D eigenvalue weighted by Gasteiger charge is -2.13. The van der Waals surface area contributed by atoms with Gasteiger partial charge in [0.05, 0.1) is 18.6 Å². The molecule has 16 heavy (non-hydrogen) atoms. The molecule has 0 bridgehead atoms. The fourth-order valence-corrected chi connectivity index (χ4v) is 2.66. The molecule has 0 atom stereocenters. The highest BCUT2D eigenvalue weighted by Crippen LogP contribution is 2.38. The molecule has 3 nitrogen and oxygen atoms in total. The molecule has 4 heteroatoms. The van der Waals surface area contributed by atoms with Crippen molar-refractivity contribution in [1.29, 1.82) is 0 Å². The Bertz CT molecular complexity index is 440. The van der Waals surface area contributed by atoms with Crippen LogP contribution in [0.15, 0.2) is 6.07 Å². The Morgan fingerprint density at radius 2 is 2.31 bits per heavy atom. The molecule has 0 spiro atoms. The van der Waals surface area contributed by atoms with Crippen LogP contribution in [0.1, 0.15) is 23.1 Å². The van der Waals surface area contributed by atoms with E-state index in [0.717, 1.165) is 24.8 Å². The van der Waals surface area contributed by atoms with E-state index in [1.807, 2.05) is 6.07 Å². The summed E-state index contributed by atoms with van der Waals surface area (Å²) >= 11 is 6.22. The van der Waals surface area contributed by atoms with Gasteiger partial charge >= 0.3 is 5.97 Å². The molecule has 0 saturated heterocycles. The molecule has 2 rings (SSSR count). The van der Waals surface area contributed by atoms with Crippen molar-refractivity contribution in [3.05, 3.63) is 27.8 Å². The molecule has 0 radical (unpaired) electrons. The number of ether oxygens (including phenoxy) is 1. The summed E-state index contributed by atoms with van der Waals surface area (Å²) in [5.41, 5.74) is 2.95. The van der Waals surface area contributed by atoms with Crippen LogP contribution < -0.4 is 4.74 Å². The zero-order chi connectivity index (χ0) is 11.7. The first-order valence-corrected chi connectivity index (χ1v) is 5.60. The van der Waals surface area contributed by atoms with E-state index in [2.05, 4.69) is 0 Å². The average molecular weight is 241 g/mol. The van der Waals surface area contributed by atoms with Crippen molar-refractivity contribution in [2.45, 2.75) is 25.7 Å². The summed E-state index contributed by atoms with van der Waals surface area (Å²) in [5, 5.41) is 9.42. The Labute approximate surface area is 99.0 Å². The molecule has 0 fully saturated rings. The van der Waals surface area contributed by atoms with Crippen molar-refractivity contribution < 1.29 is 14.6 Å². The van der Waals surface area contributed by atoms with Gasteiger partial charge in [0.2, 0.25) is 0 Å². The first-order valence-electron chi connectivity index (χ1n) is 5.22. The molecule has 1 aromatic carbocycles. The van der Waals surface area contributed by atoms with E-state index in [1.165, 1.54) is 12.7 Å². The number of carbonyl (C=O) groups is 1. The van der Waals surface area contributed by atoms with Gasteiger partial charge in [0.25, 0.3) is 0 Å². The molecular formula is C12H13ClO3. The van der Waals surface area contributed by atoms with Crippen LogP contribution in [-0.2, 0) is 24.1 Å². The normalized spacial score (nSPS) is 13.6. The number of aliphatic carboxylic acids is 1. The fraction of sp³-hybridized carbons (Fsp3) is 0.417. The van der Waals surface area contributed by atoms with E-state index in [0.29, 0.717) is 16.3 Å². The van der Waals surface area contributed by atoms with Crippen LogP contribution in [0.2, 0.25) is 5.02 Å². The number of hydrogen-bond donors (Lipinski definition) is 1. The maximum Gasteiger partial charge on any atom is 0.307 e. The standard InChI is InChI=1S/C12H13ClO3/c1-16-12-8(6-10(14)15)5-7-3-2-4-9(7)11(12)13/h5H,2-4,6H2,1H3,(H,14,15). The van der Waals surface area contributed by atoms with Gasteiger partial charge in [0, 0.05) is 5.56 Å². The molecular weight excluding hydrogens is 228 g/mol. The van der Waals surface area contributed by atoms with Gasteiger partial charge in [-0.15, -0.1) is 0 Å². The first kappa shape index (κ1) is 11.3. The lowest BCUT2D eigenvalue weighted by molar-refractivity contribution is -0.136. The number of rotatable bonds is 3. The van der Waals surface area contributed by atoms with Crippen LogP contribution in [0.4, 0.5) is 0 Å². The van der Waals surface area contributed by atoms with E-state index in [9.17, 15) is 4.79 Å². The fourth-order valence-electron chi connectivity index (χ4n) is 2.25. The SMILES string of the molecule is COc1c(CC(=O)O)cc2c(c1Cl)CCC2. The maximum absolute atomic E-state index is 10.7. The average Bonchev–Trinajstić information content (AvgIpc) is 2.65. The second kappa shape index (κ2) is 4.34. The monoisotopic (exact) mass is 240 g/mol. The van der Waals surface area contributed by atoms with Crippen LogP contribution in [0.25, 0.3) is 0 Å². The van der Waals surface area contributed by atoms with Gasteiger partial charge in [-0.2, -0.15) is 0 Å². The second-order valence-electron chi connectivity index (χ2n) is 3.94. The highest BCUT2D eigenvalue weighted by molar-refractivity contribution is 6.33. The van der Waals surface area contributed by atoms with E-state index in [4.69, 9.17) is 21.4 Å². The van der Waals surface area contributed by atoms with Crippen LogP contribution in [-0.4, -0.2) is 18.2 Å². The van der Waals surface area contributed by atoms with Crippen LogP contribution >= 0.6 is 11.6 Å². The molecule has 1 N–H and O–H groups in total. The molecule has 1 aliphatic rings. The number of fused-ring (bicyclic) bond motifs is 1. The maximum atomic E-state index is 10.7.